The normalized spacial score (nSPS) is 20.4. The van der Waals surface area contributed by atoms with E-state index in [2.05, 4.69) is 69.4 Å². The third-order valence-corrected chi connectivity index (χ3v) is 4.38. The van der Waals surface area contributed by atoms with Gasteiger partial charge in [-0.3, -0.25) is 0 Å². The molecule has 0 aliphatic carbocycles. The van der Waals surface area contributed by atoms with Crippen LogP contribution >= 0.6 is 0 Å². The van der Waals surface area contributed by atoms with E-state index in [0.29, 0.717) is 12.0 Å². The summed E-state index contributed by atoms with van der Waals surface area (Å²) < 4.78 is 0. The summed E-state index contributed by atoms with van der Waals surface area (Å²) >= 11 is 0. The van der Waals surface area contributed by atoms with Crippen LogP contribution in [-0.4, -0.2) is 12.6 Å². The Labute approximate surface area is 130 Å². The van der Waals surface area contributed by atoms with Crippen LogP contribution in [0.1, 0.15) is 57.1 Å². The summed E-state index contributed by atoms with van der Waals surface area (Å²) in [7, 11) is 0. The van der Waals surface area contributed by atoms with E-state index >= 15 is 0 Å². The molecule has 0 spiro atoms. The van der Waals surface area contributed by atoms with Crippen LogP contribution in [-0.2, 0) is 0 Å². The number of aryl methyl sites for hydroxylation is 1. The second kappa shape index (κ2) is 7.61. The molecule has 1 nitrogen and oxygen atoms in total. The number of hydrogen-bond donors (Lipinski definition) is 1. The van der Waals surface area contributed by atoms with E-state index in [0.717, 1.165) is 13.0 Å². The van der Waals surface area contributed by atoms with Crippen molar-refractivity contribution in [1.82, 2.24) is 5.32 Å². The first-order valence-corrected chi connectivity index (χ1v) is 8.25. The Morgan fingerprint density at radius 1 is 1.24 bits per heavy atom. The molecule has 2 rings (SSSR count). The lowest BCUT2D eigenvalue weighted by molar-refractivity contribution is 0.525. The van der Waals surface area contributed by atoms with Crippen molar-refractivity contribution in [3.63, 3.8) is 0 Å². The van der Waals surface area contributed by atoms with Crippen LogP contribution in [0, 0.1) is 6.92 Å². The zero-order chi connectivity index (χ0) is 15.2. The lowest BCUT2D eigenvalue weighted by Gasteiger charge is -2.27. The zero-order valence-corrected chi connectivity index (χ0v) is 13.9. The molecule has 1 aliphatic rings. The van der Waals surface area contributed by atoms with Gasteiger partial charge in [-0.15, -0.1) is 0 Å². The molecule has 0 amide bonds. The number of benzene rings is 1. The van der Waals surface area contributed by atoms with Crippen molar-refractivity contribution in [2.24, 2.45) is 0 Å². The minimum atomic E-state index is 0.508. The molecule has 1 aliphatic heterocycles. The molecular weight excluding hydrogens is 254 g/mol. The Bertz CT molecular complexity index is 497. The molecule has 0 aromatic heterocycles. The van der Waals surface area contributed by atoms with Crippen molar-refractivity contribution in [2.45, 2.75) is 58.9 Å². The van der Waals surface area contributed by atoms with Crippen LogP contribution in [0.2, 0.25) is 0 Å². The maximum Gasteiger partial charge on any atom is 0.0205 e. The van der Waals surface area contributed by atoms with E-state index in [4.69, 9.17) is 0 Å². The number of allylic oxidation sites excluding steroid dienone is 3. The summed E-state index contributed by atoms with van der Waals surface area (Å²) in [5, 5.41) is 3.71. The summed E-state index contributed by atoms with van der Waals surface area (Å²) in [6.07, 6.45) is 8.30. The molecule has 21 heavy (non-hydrogen) atoms. The molecule has 0 bridgehead atoms. The van der Waals surface area contributed by atoms with Gasteiger partial charge in [0, 0.05) is 12.0 Å². The van der Waals surface area contributed by atoms with Gasteiger partial charge in [0.1, 0.15) is 0 Å². The first-order valence-electron chi connectivity index (χ1n) is 8.25. The van der Waals surface area contributed by atoms with E-state index < -0.39 is 0 Å². The topological polar surface area (TPSA) is 12.0 Å². The fraction of sp³-hybridized carbons (Fsp3) is 0.500. The Balaban J connectivity index is 2.36. The smallest absolute Gasteiger partial charge is 0.0205 e. The summed E-state index contributed by atoms with van der Waals surface area (Å²) in [6, 6.07) is 9.69. The number of hydrogen-bond acceptors (Lipinski definition) is 1. The minimum Gasteiger partial charge on any atom is -0.313 e. The van der Waals surface area contributed by atoms with E-state index in [1.807, 2.05) is 0 Å². The van der Waals surface area contributed by atoms with Gasteiger partial charge in [0.15, 0.2) is 0 Å². The molecule has 1 unspecified atom stereocenters. The zero-order valence-electron chi connectivity index (χ0n) is 13.9. The Hall–Kier alpha value is -1.34. The van der Waals surface area contributed by atoms with Crippen molar-refractivity contribution >= 4 is 0 Å². The van der Waals surface area contributed by atoms with Gasteiger partial charge >= 0.3 is 0 Å². The van der Waals surface area contributed by atoms with Gasteiger partial charge in [-0.1, -0.05) is 60.1 Å². The van der Waals surface area contributed by atoms with Gasteiger partial charge < -0.3 is 5.32 Å². The molecule has 1 aromatic carbocycles. The average Bonchev–Trinajstić information content (AvgIpc) is 2.98. The Kier molecular flexibility index (Phi) is 5.81. The van der Waals surface area contributed by atoms with Crippen LogP contribution in [0.5, 0.6) is 0 Å². The predicted octanol–water partition coefficient (Wildman–Crippen LogP) is 5.13. The fourth-order valence-corrected chi connectivity index (χ4v) is 3.19. The Morgan fingerprint density at radius 3 is 2.48 bits per heavy atom. The van der Waals surface area contributed by atoms with E-state index in [1.165, 1.54) is 29.5 Å². The third-order valence-electron chi connectivity index (χ3n) is 4.38. The van der Waals surface area contributed by atoms with Crippen LogP contribution in [0.4, 0.5) is 0 Å². The minimum absolute atomic E-state index is 0.508. The maximum absolute atomic E-state index is 3.71. The number of nitrogens with one attached hydrogen (secondary N) is 1. The lowest BCUT2D eigenvalue weighted by Crippen LogP contribution is -2.30. The van der Waals surface area contributed by atoms with Gasteiger partial charge in [-0.25, -0.2) is 0 Å². The van der Waals surface area contributed by atoms with Crippen LogP contribution in [0.15, 0.2) is 47.6 Å². The molecule has 0 saturated carbocycles. The molecule has 1 saturated heterocycles. The highest BCUT2D eigenvalue weighted by molar-refractivity contribution is 5.35. The van der Waals surface area contributed by atoms with Crippen LogP contribution in [0.25, 0.3) is 0 Å². The van der Waals surface area contributed by atoms with Crippen molar-refractivity contribution in [2.75, 3.05) is 6.54 Å². The van der Waals surface area contributed by atoms with Crippen molar-refractivity contribution in [1.29, 1.82) is 0 Å². The second-order valence-electron chi connectivity index (χ2n) is 6.43. The quantitative estimate of drug-likeness (QED) is 0.738. The molecule has 0 radical (unpaired) electrons. The fourth-order valence-electron chi connectivity index (χ4n) is 3.19. The second-order valence-corrected chi connectivity index (χ2v) is 6.43. The van der Waals surface area contributed by atoms with E-state index in [-0.39, 0.29) is 0 Å². The summed E-state index contributed by atoms with van der Waals surface area (Å²) in [5.74, 6) is 0.508. The monoisotopic (exact) mass is 283 g/mol. The highest BCUT2D eigenvalue weighted by atomic mass is 14.9. The van der Waals surface area contributed by atoms with Gasteiger partial charge in [-0.05, 0) is 52.1 Å². The summed E-state index contributed by atoms with van der Waals surface area (Å²) in [4.78, 5) is 0. The SMILES string of the molecule is CC/C(=C\C=C(C)C)[C@H](c1ccc(C)cc1)C1CCCN1. The van der Waals surface area contributed by atoms with Gasteiger partial charge in [0.25, 0.3) is 0 Å². The maximum atomic E-state index is 3.71. The molecule has 1 heterocycles. The highest BCUT2D eigenvalue weighted by Gasteiger charge is 2.27. The average molecular weight is 283 g/mol. The molecule has 114 valence electrons. The van der Waals surface area contributed by atoms with E-state index in [9.17, 15) is 0 Å². The Morgan fingerprint density at radius 2 is 1.95 bits per heavy atom. The standard InChI is InChI=1S/C20H29N/c1-5-17(11-8-15(2)3)20(19-7-6-14-21-19)18-12-9-16(4)10-13-18/h8-13,19-21H,5-7,14H2,1-4H3/b17-11+/t19?,20-/m1/s1. The molecular formula is C20H29N. The van der Waals surface area contributed by atoms with Crippen molar-refractivity contribution in [3.05, 3.63) is 58.7 Å². The molecule has 2 atom stereocenters. The number of rotatable bonds is 5. The van der Waals surface area contributed by atoms with Crippen molar-refractivity contribution < 1.29 is 0 Å². The van der Waals surface area contributed by atoms with Crippen molar-refractivity contribution in [3.8, 4) is 0 Å². The molecule has 1 aromatic rings. The highest BCUT2D eigenvalue weighted by Crippen LogP contribution is 2.34. The first-order chi connectivity index (χ1) is 10.1. The van der Waals surface area contributed by atoms with Gasteiger partial charge in [0.05, 0.1) is 0 Å². The van der Waals surface area contributed by atoms with Crippen LogP contribution < -0.4 is 5.32 Å². The predicted molar refractivity (Wildman–Crippen MR) is 92.7 cm³/mol. The van der Waals surface area contributed by atoms with Gasteiger partial charge in [0.2, 0.25) is 0 Å². The van der Waals surface area contributed by atoms with Gasteiger partial charge in [-0.2, -0.15) is 0 Å². The summed E-state index contributed by atoms with van der Waals surface area (Å²) in [6.45, 7) is 9.93. The molecule has 1 N–H and O–H groups in total. The molecule has 1 heteroatoms. The third kappa shape index (κ3) is 4.31. The summed E-state index contributed by atoms with van der Waals surface area (Å²) in [5.41, 5.74) is 5.70. The lowest BCUT2D eigenvalue weighted by atomic mass is 9.82. The first kappa shape index (κ1) is 16.0. The largest absolute Gasteiger partial charge is 0.313 e. The van der Waals surface area contributed by atoms with Crippen LogP contribution in [0.3, 0.4) is 0 Å². The molecule has 1 fully saturated rings. The van der Waals surface area contributed by atoms with E-state index in [1.54, 1.807) is 5.57 Å².